The van der Waals surface area contributed by atoms with E-state index in [0.29, 0.717) is 6.04 Å². The van der Waals surface area contributed by atoms with Crippen LogP contribution in [0.5, 0.6) is 0 Å². The first-order valence-corrected chi connectivity index (χ1v) is 7.15. The van der Waals surface area contributed by atoms with E-state index in [2.05, 4.69) is 35.1 Å². The lowest BCUT2D eigenvalue weighted by Crippen LogP contribution is -2.45. The molecule has 0 radical (unpaired) electrons. The zero-order valence-electron chi connectivity index (χ0n) is 11.7. The maximum atomic E-state index is 4.30. The maximum absolute atomic E-state index is 4.30. The minimum absolute atomic E-state index is 0.694. The average molecular weight is 247 g/mol. The number of hydrogen-bond acceptors (Lipinski definition) is 3. The van der Waals surface area contributed by atoms with Crippen LogP contribution in [0.25, 0.3) is 0 Å². The number of piperidine rings is 1. The van der Waals surface area contributed by atoms with Crippen molar-refractivity contribution >= 4 is 0 Å². The molecule has 1 aliphatic rings. The number of hydrogen-bond donors (Lipinski definition) is 1. The molecule has 1 aromatic rings. The predicted molar refractivity (Wildman–Crippen MR) is 75.6 cm³/mol. The van der Waals surface area contributed by atoms with Crippen molar-refractivity contribution < 1.29 is 0 Å². The summed E-state index contributed by atoms with van der Waals surface area (Å²) in [5, 5.41) is 3.51. The molecule has 1 saturated heterocycles. The van der Waals surface area contributed by atoms with Gasteiger partial charge in [-0.05, 0) is 50.4 Å². The number of aromatic nitrogens is 1. The Morgan fingerprint density at radius 3 is 3.00 bits per heavy atom. The molecule has 3 nitrogen and oxygen atoms in total. The second-order valence-electron chi connectivity index (χ2n) is 5.34. The number of pyridine rings is 1. The summed E-state index contributed by atoms with van der Waals surface area (Å²) in [6, 6.07) is 2.95. The molecule has 0 bridgehead atoms. The highest BCUT2D eigenvalue weighted by Crippen LogP contribution is 2.15. The van der Waals surface area contributed by atoms with Crippen molar-refractivity contribution in [3.63, 3.8) is 0 Å². The van der Waals surface area contributed by atoms with Gasteiger partial charge < -0.3 is 5.32 Å². The Morgan fingerprint density at radius 1 is 1.44 bits per heavy atom. The third-order valence-corrected chi connectivity index (χ3v) is 3.62. The molecule has 1 N–H and O–H groups in total. The normalized spacial score (nSPS) is 20.3. The fourth-order valence-electron chi connectivity index (χ4n) is 2.76. The molecule has 1 fully saturated rings. The second-order valence-corrected chi connectivity index (χ2v) is 5.34. The second kappa shape index (κ2) is 6.86. The van der Waals surface area contributed by atoms with Crippen LogP contribution in [0.3, 0.4) is 0 Å². The molecule has 2 rings (SSSR count). The Balaban J connectivity index is 2.00. The quantitative estimate of drug-likeness (QED) is 0.865. The third kappa shape index (κ3) is 3.79. The van der Waals surface area contributed by atoms with Crippen molar-refractivity contribution in [1.29, 1.82) is 0 Å². The summed E-state index contributed by atoms with van der Waals surface area (Å²) in [5.41, 5.74) is 2.60. The smallest absolute Gasteiger partial charge is 0.0313 e. The van der Waals surface area contributed by atoms with Crippen LogP contribution >= 0.6 is 0 Å². The first-order valence-electron chi connectivity index (χ1n) is 7.15. The van der Waals surface area contributed by atoms with E-state index in [1.54, 1.807) is 0 Å². The van der Waals surface area contributed by atoms with E-state index in [1.807, 2.05) is 12.4 Å². The van der Waals surface area contributed by atoms with E-state index < -0.39 is 0 Å². The van der Waals surface area contributed by atoms with Gasteiger partial charge in [-0.3, -0.25) is 9.88 Å². The molecular weight excluding hydrogens is 222 g/mol. The molecule has 3 heteroatoms. The summed E-state index contributed by atoms with van der Waals surface area (Å²) in [6.45, 7) is 8.91. The van der Waals surface area contributed by atoms with Gasteiger partial charge in [-0.25, -0.2) is 0 Å². The molecule has 2 heterocycles. The van der Waals surface area contributed by atoms with Gasteiger partial charge in [0.25, 0.3) is 0 Å². The Hall–Kier alpha value is -0.930. The van der Waals surface area contributed by atoms with E-state index in [0.717, 1.165) is 13.1 Å². The topological polar surface area (TPSA) is 28.2 Å². The van der Waals surface area contributed by atoms with Crippen molar-refractivity contribution in [2.45, 2.75) is 45.7 Å². The molecule has 0 amide bonds. The van der Waals surface area contributed by atoms with Crippen molar-refractivity contribution in [3.05, 3.63) is 29.6 Å². The van der Waals surface area contributed by atoms with Crippen LogP contribution in [0.1, 0.15) is 37.3 Å². The standard InChI is InChI=1S/C15H25N3/c1-3-7-18(15-5-4-6-16-11-15)12-14-8-13(2)9-17-10-14/h8-10,15-16H,3-7,11-12H2,1-2H3. The summed E-state index contributed by atoms with van der Waals surface area (Å²) >= 11 is 0. The minimum atomic E-state index is 0.694. The first-order chi connectivity index (χ1) is 8.79. The van der Waals surface area contributed by atoms with E-state index in [-0.39, 0.29) is 0 Å². The summed E-state index contributed by atoms with van der Waals surface area (Å²) < 4.78 is 0. The summed E-state index contributed by atoms with van der Waals surface area (Å²) in [5.74, 6) is 0. The summed E-state index contributed by atoms with van der Waals surface area (Å²) in [4.78, 5) is 6.91. The molecule has 100 valence electrons. The Labute approximate surface area is 111 Å². The van der Waals surface area contributed by atoms with Crippen LogP contribution in [0.4, 0.5) is 0 Å². The zero-order valence-corrected chi connectivity index (χ0v) is 11.7. The monoisotopic (exact) mass is 247 g/mol. The average Bonchev–Trinajstić information content (AvgIpc) is 2.39. The van der Waals surface area contributed by atoms with Crippen LogP contribution < -0.4 is 5.32 Å². The lowest BCUT2D eigenvalue weighted by molar-refractivity contribution is 0.158. The number of aryl methyl sites for hydroxylation is 1. The SMILES string of the molecule is CCCN(Cc1cncc(C)c1)C1CCCNC1. The van der Waals surface area contributed by atoms with Crippen LogP contribution in [0, 0.1) is 6.92 Å². The van der Waals surface area contributed by atoms with Crippen LogP contribution in [-0.2, 0) is 6.54 Å². The van der Waals surface area contributed by atoms with Gasteiger partial charge in [-0.1, -0.05) is 13.0 Å². The highest BCUT2D eigenvalue weighted by Gasteiger charge is 2.20. The van der Waals surface area contributed by atoms with Gasteiger partial charge in [0.2, 0.25) is 0 Å². The Morgan fingerprint density at radius 2 is 2.33 bits per heavy atom. The number of rotatable bonds is 5. The molecule has 0 spiro atoms. The first kappa shape index (κ1) is 13.5. The molecule has 18 heavy (non-hydrogen) atoms. The van der Waals surface area contributed by atoms with E-state index in [4.69, 9.17) is 0 Å². The molecule has 0 saturated carbocycles. The molecule has 1 aliphatic heterocycles. The van der Waals surface area contributed by atoms with Gasteiger partial charge in [0.05, 0.1) is 0 Å². The molecule has 1 aromatic heterocycles. The maximum Gasteiger partial charge on any atom is 0.0313 e. The highest BCUT2D eigenvalue weighted by molar-refractivity contribution is 5.16. The van der Waals surface area contributed by atoms with Crippen molar-refractivity contribution in [1.82, 2.24) is 15.2 Å². The third-order valence-electron chi connectivity index (χ3n) is 3.62. The molecule has 1 unspecified atom stereocenters. The van der Waals surface area contributed by atoms with Gasteiger partial charge in [-0.15, -0.1) is 0 Å². The largest absolute Gasteiger partial charge is 0.315 e. The van der Waals surface area contributed by atoms with Crippen molar-refractivity contribution in [2.24, 2.45) is 0 Å². The molecule has 1 atom stereocenters. The Kier molecular flexibility index (Phi) is 5.14. The van der Waals surface area contributed by atoms with Gasteiger partial charge in [-0.2, -0.15) is 0 Å². The Bertz CT molecular complexity index is 359. The fourth-order valence-corrected chi connectivity index (χ4v) is 2.76. The highest BCUT2D eigenvalue weighted by atomic mass is 15.2. The molecule has 0 aliphatic carbocycles. The van der Waals surface area contributed by atoms with Gasteiger partial charge in [0.15, 0.2) is 0 Å². The van der Waals surface area contributed by atoms with Crippen molar-refractivity contribution in [3.8, 4) is 0 Å². The van der Waals surface area contributed by atoms with E-state index in [9.17, 15) is 0 Å². The molecular formula is C15H25N3. The summed E-state index contributed by atoms with van der Waals surface area (Å²) in [6.07, 6.45) is 7.78. The zero-order chi connectivity index (χ0) is 12.8. The minimum Gasteiger partial charge on any atom is -0.315 e. The van der Waals surface area contributed by atoms with Crippen LogP contribution in [0.2, 0.25) is 0 Å². The number of nitrogens with one attached hydrogen (secondary N) is 1. The van der Waals surface area contributed by atoms with Crippen LogP contribution in [-0.4, -0.2) is 35.6 Å². The van der Waals surface area contributed by atoms with Crippen LogP contribution in [0.15, 0.2) is 18.5 Å². The van der Waals surface area contributed by atoms with Crippen molar-refractivity contribution in [2.75, 3.05) is 19.6 Å². The van der Waals surface area contributed by atoms with Gasteiger partial charge in [0, 0.05) is 31.5 Å². The number of nitrogens with zero attached hydrogens (tertiary/aromatic N) is 2. The fraction of sp³-hybridized carbons (Fsp3) is 0.667. The van der Waals surface area contributed by atoms with E-state index >= 15 is 0 Å². The molecule has 0 aromatic carbocycles. The van der Waals surface area contributed by atoms with Gasteiger partial charge >= 0.3 is 0 Å². The van der Waals surface area contributed by atoms with E-state index in [1.165, 1.54) is 43.5 Å². The van der Waals surface area contributed by atoms with Gasteiger partial charge in [0.1, 0.15) is 0 Å². The predicted octanol–water partition coefficient (Wildman–Crippen LogP) is 2.35. The lowest BCUT2D eigenvalue weighted by atomic mass is 10.0. The lowest BCUT2D eigenvalue weighted by Gasteiger charge is -2.34. The summed E-state index contributed by atoms with van der Waals surface area (Å²) in [7, 11) is 0.